The van der Waals surface area contributed by atoms with Crippen molar-refractivity contribution in [2.24, 2.45) is 0 Å². The first kappa shape index (κ1) is 15.1. The number of aldehydes is 1. The van der Waals surface area contributed by atoms with Gasteiger partial charge in [-0.3, -0.25) is 4.79 Å². The number of hydrogen-bond donors (Lipinski definition) is 0. The van der Waals surface area contributed by atoms with Crippen molar-refractivity contribution in [3.8, 4) is 11.8 Å². The molecule has 3 nitrogen and oxygen atoms in total. The lowest BCUT2D eigenvalue weighted by molar-refractivity contribution is 0.111. The van der Waals surface area contributed by atoms with E-state index in [1.54, 1.807) is 6.33 Å². The van der Waals surface area contributed by atoms with Gasteiger partial charge in [0.2, 0.25) is 0 Å². The van der Waals surface area contributed by atoms with Crippen LogP contribution in [0.4, 0.5) is 0 Å². The number of rotatable bonds is 5. The number of benzene rings is 1. The summed E-state index contributed by atoms with van der Waals surface area (Å²) in [6.45, 7) is 4.19. The average Bonchev–Trinajstić information content (AvgIpc) is 2.94. The third-order valence-corrected chi connectivity index (χ3v) is 3.51. The zero-order chi connectivity index (χ0) is 15.1. The van der Waals surface area contributed by atoms with Crippen LogP contribution < -0.4 is 0 Å². The highest BCUT2D eigenvalue weighted by Gasteiger charge is 2.14. The van der Waals surface area contributed by atoms with Crippen molar-refractivity contribution >= 4 is 6.29 Å². The van der Waals surface area contributed by atoms with E-state index < -0.39 is 0 Å². The van der Waals surface area contributed by atoms with Crippen LogP contribution >= 0.6 is 0 Å². The molecular formula is C18H20N2O. The third-order valence-electron chi connectivity index (χ3n) is 3.51. The van der Waals surface area contributed by atoms with Crippen LogP contribution in [-0.2, 0) is 0 Å². The highest BCUT2D eigenvalue weighted by Crippen LogP contribution is 2.20. The van der Waals surface area contributed by atoms with Crippen LogP contribution in [0.2, 0.25) is 0 Å². The van der Waals surface area contributed by atoms with Crippen LogP contribution in [0.15, 0.2) is 36.7 Å². The van der Waals surface area contributed by atoms with E-state index in [-0.39, 0.29) is 6.04 Å². The van der Waals surface area contributed by atoms with E-state index in [1.165, 1.54) is 0 Å². The summed E-state index contributed by atoms with van der Waals surface area (Å²) in [5.74, 6) is 6.10. The molecule has 1 aromatic carbocycles. The smallest absolute Gasteiger partial charge is 0.169 e. The molecule has 0 aliphatic heterocycles. The maximum atomic E-state index is 11.4. The standard InChI is InChI=1S/C18H20N2O/c1-3-4-5-9-12-17-18(13-21)20(14-19-17)15(2)16-10-7-6-8-11-16/h6-8,10-11,13-15H,3-5H2,1-2H3. The first-order valence-electron chi connectivity index (χ1n) is 7.33. The molecule has 1 unspecified atom stereocenters. The van der Waals surface area contributed by atoms with E-state index in [2.05, 4.69) is 30.7 Å². The van der Waals surface area contributed by atoms with Crippen LogP contribution in [0.25, 0.3) is 0 Å². The van der Waals surface area contributed by atoms with Crippen molar-refractivity contribution in [2.75, 3.05) is 0 Å². The molecule has 0 aliphatic rings. The van der Waals surface area contributed by atoms with Crippen LogP contribution in [0.1, 0.15) is 60.9 Å². The van der Waals surface area contributed by atoms with Gasteiger partial charge in [0.15, 0.2) is 6.29 Å². The predicted octanol–water partition coefficient (Wildman–Crippen LogP) is 3.85. The zero-order valence-electron chi connectivity index (χ0n) is 12.5. The van der Waals surface area contributed by atoms with Crippen LogP contribution in [0.5, 0.6) is 0 Å². The number of hydrogen-bond acceptors (Lipinski definition) is 2. The van der Waals surface area contributed by atoms with Gasteiger partial charge in [0.05, 0.1) is 12.4 Å². The van der Waals surface area contributed by atoms with Crippen molar-refractivity contribution in [3.63, 3.8) is 0 Å². The third kappa shape index (κ3) is 3.61. The molecule has 0 saturated heterocycles. The summed E-state index contributed by atoms with van der Waals surface area (Å²) in [7, 11) is 0. The lowest BCUT2D eigenvalue weighted by Crippen LogP contribution is -2.09. The van der Waals surface area contributed by atoms with Gasteiger partial charge >= 0.3 is 0 Å². The molecule has 2 rings (SSSR count). The molecule has 3 heteroatoms. The lowest BCUT2D eigenvalue weighted by Gasteiger charge is -2.14. The monoisotopic (exact) mass is 280 g/mol. The first-order chi connectivity index (χ1) is 10.3. The molecule has 2 aromatic rings. The summed E-state index contributed by atoms with van der Waals surface area (Å²) < 4.78 is 1.88. The van der Waals surface area contributed by atoms with Gasteiger partial charge in [-0.2, -0.15) is 0 Å². The topological polar surface area (TPSA) is 34.9 Å². The molecule has 0 radical (unpaired) electrons. The van der Waals surface area contributed by atoms with Gasteiger partial charge in [0, 0.05) is 6.42 Å². The SMILES string of the molecule is CCCCC#Cc1ncn(C(C)c2ccccc2)c1C=O. The maximum absolute atomic E-state index is 11.4. The molecule has 0 spiro atoms. The minimum absolute atomic E-state index is 0.0603. The lowest BCUT2D eigenvalue weighted by atomic mass is 10.1. The molecule has 108 valence electrons. The number of imidazole rings is 1. The molecule has 1 aromatic heterocycles. The number of unbranched alkanes of at least 4 members (excludes halogenated alkanes) is 2. The fraction of sp³-hybridized carbons (Fsp3) is 0.333. The summed E-state index contributed by atoms with van der Waals surface area (Å²) in [5, 5.41) is 0. The Morgan fingerprint density at radius 3 is 2.76 bits per heavy atom. The van der Waals surface area contributed by atoms with Crippen molar-refractivity contribution in [2.45, 2.75) is 39.2 Å². The highest BCUT2D eigenvalue weighted by molar-refractivity contribution is 5.76. The fourth-order valence-corrected chi connectivity index (χ4v) is 2.20. The molecule has 21 heavy (non-hydrogen) atoms. The van der Waals surface area contributed by atoms with E-state index >= 15 is 0 Å². The van der Waals surface area contributed by atoms with E-state index in [9.17, 15) is 4.79 Å². The van der Waals surface area contributed by atoms with Gasteiger partial charge in [-0.1, -0.05) is 49.6 Å². The van der Waals surface area contributed by atoms with Crippen molar-refractivity contribution in [1.29, 1.82) is 0 Å². The number of nitrogens with zero attached hydrogens (tertiary/aromatic N) is 2. The summed E-state index contributed by atoms with van der Waals surface area (Å²) in [5.41, 5.74) is 2.27. The van der Waals surface area contributed by atoms with E-state index in [0.29, 0.717) is 11.4 Å². The van der Waals surface area contributed by atoms with Gasteiger partial charge in [-0.25, -0.2) is 4.98 Å². The van der Waals surface area contributed by atoms with Gasteiger partial charge in [0.25, 0.3) is 0 Å². The maximum Gasteiger partial charge on any atom is 0.169 e. The Kier molecular flexibility index (Phi) is 5.34. The molecule has 0 fully saturated rings. The summed E-state index contributed by atoms with van der Waals surface area (Å²) in [4.78, 5) is 15.7. The minimum atomic E-state index is 0.0603. The molecule has 0 aliphatic carbocycles. The Morgan fingerprint density at radius 1 is 1.33 bits per heavy atom. The van der Waals surface area contributed by atoms with E-state index in [0.717, 1.165) is 31.1 Å². The van der Waals surface area contributed by atoms with Crippen LogP contribution in [0.3, 0.4) is 0 Å². The Bertz CT molecular complexity index is 647. The quantitative estimate of drug-likeness (QED) is 0.474. The number of carbonyl (C=O) groups excluding carboxylic acids is 1. The average molecular weight is 280 g/mol. The Hall–Kier alpha value is -2.34. The highest BCUT2D eigenvalue weighted by atomic mass is 16.1. The van der Waals surface area contributed by atoms with Gasteiger partial charge in [0.1, 0.15) is 11.4 Å². The van der Waals surface area contributed by atoms with Gasteiger partial charge < -0.3 is 4.57 Å². The second-order valence-electron chi connectivity index (χ2n) is 5.00. The zero-order valence-corrected chi connectivity index (χ0v) is 12.5. The van der Waals surface area contributed by atoms with Gasteiger partial charge in [-0.05, 0) is 24.8 Å². The minimum Gasteiger partial charge on any atom is -0.320 e. The second kappa shape index (κ2) is 7.44. The van der Waals surface area contributed by atoms with Crippen molar-refractivity contribution in [1.82, 2.24) is 9.55 Å². The Labute approximate surface area is 126 Å². The molecule has 1 atom stereocenters. The van der Waals surface area contributed by atoms with E-state index in [4.69, 9.17) is 0 Å². The molecule has 1 heterocycles. The number of aromatic nitrogens is 2. The van der Waals surface area contributed by atoms with Crippen molar-refractivity contribution in [3.05, 3.63) is 53.6 Å². The van der Waals surface area contributed by atoms with Crippen molar-refractivity contribution < 1.29 is 4.79 Å². The molecule has 0 bridgehead atoms. The Balaban J connectivity index is 2.27. The van der Waals surface area contributed by atoms with Gasteiger partial charge in [-0.15, -0.1) is 0 Å². The van der Waals surface area contributed by atoms with E-state index in [1.807, 2.05) is 34.9 Å². The molecule has 0 N–H and O–H groups in total. The van der Waals surface area contributed by atoms with Crippen LogP contribution in [0, 0.1) is 11.8 Å². The normalized spacial score (nSPS) is 11.5. The first-order valence-corrected chi connectivity index (χ1v) is 7.33. The second-order valence-corrected chi connectivity index (χ2v) is 5.00. The summed E-state index contributed by atoms with van der Waals surface area (Å²) in [6, 6.07) is 10.1. The number of carbonyl (C=O) groups is 1. The van der Waals surface area contributed by atoms with Crippen LogP contribution in [-0.4, -0.2) is 15.8 Å². The molecule has 0 amide bonds. The largest absolute Gasteiger partial charge is 0.320 e. The molecular weight excluding hydrogens is 260 g/mol. The fourth-order valence-electron chi connectivity index (χ4n) is 2.20. The molecule has 0 saturated carbocycles. The Morgan fingerprint density at radius 2 is 2.10 bits per heavy atom. The summed E-state index contributed by atoms with van der Waals surface area (Å²) in [6.07, 6.45) is 5.58. The predicted molar refractivity (Wildman–Crippen MR) is 84.3 cm³/mol. The summed E-state index contributed by atoms with van der Waals surface area (Å²) >= 11 is 0.